The smallest absolute Gasteiger partial charge is 0.130 e. The van der Waals surface area contributed by atoms with Crippen molar-refractivity contribution in [2.45, 2.75) is 6.04 Å². The van der Waals surface area contributed by atoms with E-state index in [-0.39, 0.29) is 6.04 Å². The summed E-state index contributed by atoms with van der Waals surface area (Å²) in [6.07, 6.45) is 1.71. The number of hydrogen-bond donors (Lipinski definition) is 4. The van der Waals surface area contributed by atoms with Gasteiger partial charge in [-0.1, -0.05) is 49.0 Å². The maximum atomic E-state index is 6.16. The van der Waals surface area contributed by atoms with Gasteiger partial charge in [0.05, 0.1) is 6.04 Å². The molecule has 1 heterocycles. The van der Waals surface area contributed by atoms with Crippen LogP contribution in [0, 0.1) is 0 Å². The average Bonchev–Trinajstić information content (AvgIpc) is 2.71. The van der Waals surface area contributed by atoms with Crippen LogP contribution in [0.4, 0.5) is 17.2 Å². The zero-order valence-electron chi connectivity index (χ0n) is 15.7. The summed E-state index contributed by atoms with van der Waals surface area (Å²) in [5, 5.41) is 9.86. The van der Waals surface area contributed by atoms with E-state index in [0.717, 1.165) is 33.8 Å². The second kappa shape index (κ2) is 8.38. The van der Waals surface area contributed by atoms with E-state index in [1.165, 1.54) is 0 Å². The van der Waals surface area contributed by atoms with Gasteiger partial charge in [0.2, 0.25) is 0 Å². The van der Waals surface area contributed by atoms with Gasteiger partial charge in [-0.3, -0.25) is 0 Å². The van der Waals surface area contributed by atoms with Crippen molar-refractivity contribution < 1.29 is 0 Å². The lowest BCUT2D eigenvalue weighted by molar-refractivity contribution is 0.692. The fourth-order valence-electron chi connectivity index (χ4n) is 3.13. The Labute approximate surface area is 160 Å². The summed E-state index contributed by atoms with van der Waals surface area (Å²) >= 11 is 0. The molecule has 5 heteroatoms. The molecule has 0 aliphatic heterocycles. The van der Waals surface area contributed by atoms with Gasteiger partial charge in [-0.15, -0.1) is 0 Å². The average molecular weight is 359 g/mol. The fourth-order valence-corrected chi connectivity index (χ4v) is 3.13. The number of pyridine rings is 1. The van der Waals surface area contributed by atoms with E-state index < -0.39 is 0 Å². The van der Waals surface area contributed by atoms with E-state index in [1.807, 2.05) is 50.5 Å². The van der Waals surface area contributed by atoms with E-state index in [0.29, 0.717) is 5.82 Å². The van der Waals surface area contributed by atoms with Crippen LogP contribution in [0.3, 0.4) is 0 Å². The van der Waals surface area contributed by atoms with Crippen molar-refractivity contribution in [3.05, 3.63) is 90.1 Å². The molecule has 0 aliphatic rings. The van der Waals surface area contributed by atoms with Gasteiger partial charge in [-0.05, 0) is 36.4 Å². The number of nitrogens with zero attached hydrogens (tertiary/aromatic N) is 1. The molecule has 2 aromatic carbocycles. The highest BCUT2D eigenvalue weighted by Crippen LogP contribution is 2.32. The van der Waals surface area contributed by atoms with E-state index in [9.17, 15) is 0 Å². The van der Waals surface area contributed by atoms with E-state index in [2.05, 4.69) is 51.8 Å². The molecule has 3 rings (SSSR count). The lowest BCUT2D eigenvalue weighted by Gasteiger charge is -2.22. The first kappa shape index (κ1) is 18.5. The van der Waals surface area contributed by atoms with Crippen molar-refractivity contribution in [2.24, 2.45) is 0 Å². The molecule has 5 N–H and O–H groups in total. The molecule has 27 heavy (non-hydrogen) atoms. The Kier molecular flexibility index (Phi) is 5.74. The Morgan fingerprint density at radius 1 is 1.00 bits per heavy atom. The summed E-state index contributed by atoms with van der Waals surface area (Å²) in [6, 6.07) is 20.2. The Morgan fingerprint density at radius 3 is 2.33 bits per heavy atom. The first-order valence-corrected chi connectivity index (χ1v) is 8.84. The van der Waals surface area contributed by atoms with Crippen molar-refractivity contribution in [3.8, 4) is 0 Å². The number of nitrogens with one attached hydrogen (secondary N) is 3. The topological polar surface area (TPSA) is 75.0 Å². The molecule has 1 unspecified atom stereocenters. The van der Waals surface area contributed by atoms with Gasteiger partial charge in [0.1, 0.15) is 5.82 Å². The van der Waals surface area contributed by atoms with Gasteiger partial charge in [-0.25, -0.2) is 4.98 Å². The van der Waals surface area contributed by atoms with Crippen LogP contribution in [-0.2, 0) is 0 Å². The van der Waals surface area contributed by atoms with Crippen molar-refractivity contribution in [2.75, 3.05) is 30.5 Å². The van der Waals surface area contributed by atoms with Gasteiger partial charge in [0.25, 0.3) is 0 Å². The summed E-state index contributed by atoms with van der Waals surface area (Å²) in [5.74, 6) is 0.514. The number of nitrogen functional groups attached to an aromatic ring is 1. The molecule has 138 valence electrons. The van der Waals surface area contributed by atoms with E-state index in [4.69, 9.17) is 5.73 Å². The maximum Gasteiger partial charge on any atom is 0.130 e. The van der Waals surface area contributed by atoms with Crippen LogP contribution in [0.5, 0.6) is 0 Å². The SMILES string of the molecule is C=C(Nc1ccccc1)c1ccc(C(NC)c2c(NC)ccnc2N)cc1. The van der Waals surface area contributed by atoms with Crippen LogP contribution in [0.15, 0.2) is 73.4 Å². The summed E-state index contributed by atoms with van der Waals surface area (Å²) in [7, 11) is 3.80. The molecule has 0 saturated carbocycles. The molecule has 0 radical (unpaired) electrons. The van der Waals surface area contributed by atoms with Gasteiger partial charge in [0, 0.05) is 35.9 Å². The summed E-state index contributed by atoms with van der Waals surface area (Å²) in [5.41, 5.74) is 12.1. The highest BCUT2D eigenvalue weighted by molar-refractivity contribution is 5.75. The van der Waals surface area contributed by atoms with Crippen molar-refractivity contribution >= 4 is 22.9 Å². The van der Waals surface area contributed by atoms with Crippen LogP contribution >= 0.6 is 0 Å². The zero-order valence-corrected chi connectivity index (χ0v) is 15.7. The molecule has 0 amide bonds. The van der Waals surface area contributed by atoms with Crippen LogP contribution in [0.25, 0.3) is 5.70 Å². The van der Waals surface area contributed by atoms with Gasteiger partial charge in [-0.2, -0.15) is 0 Å². The quantitative estimate of drug-likeness (QED) is 0.511. The third-order valence-corrected chi connectivity index (χ3v) is 4.53. The fraction of sp³-hybridized carbons (Fsp3) is 0.136. The van der Waals surface area contributed by atoms with Crippen LogP contribution in [0.2, 0.25) is 0 Å². The Bertz CT molecular complexity index is 904. The lowest BCUT2D eigenvalue weighted by Crippen LogP contribution is -2.21. The number of para-hydroxylation sites is 1. The monoisotopic (exact) mass is 359 g/mol. The first-order valence-electron chi connectivity index (χ1n) is 8.84. The van der Waals surface area contributed by atoms with Gasteiger partial charge in [0.15, 0.2) is 0 Å². The molecule has 0 saturated heterocycles. The Balaban J connectivity index is 1.85. The lowest BCUT2D eigenvalue weighted by atomic mass is 9.96. The highest BCUT2D eigenvalue weighted by atomic mass is 14.9. The molecular formula is C22H25N5. The second-order valence-corrected chi connectivity index (χ2v) is 6.22. The normalized spacial score (nSPS) is 11.6. The van der Waals surface area contributed by atoms with Crippen LogP contribution in [0.1, 0.15) is 22.7 Å². The van der Waals surface area contributed by atoms with E-state index >= 15 is 0 Å². The molecule has 1 aromatic heterocycles. The van der Waals surface area contributed by atoms with Crippen molar-refractivity contribution in [1.82, 2.24) is 10.3 Å². The summed E-state index contributed by atoms with van der Waals surface area (Å²) in [4.78, 5) is 4.25. The molecule has 1 atom stereocenters. The molecule has 0 aliphatic carbocycles. The summed E-state index contributed by atoms with van der Waals surface area (Å²) < 4.78 is 0. The van der Waals surface area contributed by atoms with E-state index in [1.54, 1.807) is 6.20 Å². The number of nitrogens with two attached hydrogens (primary N) is 1. The van der Waals surface area contributed by atoms with Gasteiger partial charge >= 0.3 is 0 Å². The second-order valence-electron chi connectivity index (χ2n) is 6.22. The third kappa shape index (κ3) is 4.10. The minimum Gasteiger partial charge on any atom is -0.388 e. The largest absolute Gasteiger partial charge is 0.388 e. The molecule has 0 bridgehead atoms. The molecule has 5 nitrogen and oxygen atoms in total. The Morgan fingerprint density at radius 2 is 1.70 bits per heavy atom. The van der Waals surface area contributed by atoms with Crippen LogP contribution in [-0.4, -0.2) is 19.1 Å². The standard InChI is InChI=1S/C22H25N5/c1-15(27-18-7-5-4-6-8-18)16-9-11-17(12-10-16)21(25-3)20-19(24-2)13-14-26-22(20)23/h4-14,21,25,27H,1H2,2-3H3,(H3,23,24,26). The molecule has 0 spiro atoms. The highest BCUT2D eigenvalue weighted by Gasteiger charge is 2.19. The number of rotatable bonds is 7. The van der Waals surface area contributed by atoms with Crippen LogP contribution < -0.4 is 21.7 Å². The molecular weight excluding hydrogens is 334 g/mol. The molecule has 0 fully saturated rings. The number of benzene rings is 2. The Hall–Kier alpha value is -3.31. The predicted molar refractivity (Wildman–Crippen MR) is 115 cm³/mol. The number of hydrogen-bond acceptors (Lipinski definition) is 5. The minimum absolute atomic E-state index is 0.0643. The zero-order chi connectivity index (χ0) is 19.2. The minimum atomic E-state index is -0.0643. The summed E-state index contributed by atoms with van der Waals surface area (Å²) in [6.45, 7) is 4.15. The van der Waals surface area contributed by atoms with Gasteiger partial charge < -0.3 is 21.7 Å². The number of aromatic nitrogens is 1. The maximum absolute atomic E-state index is 6.16. The molecule has 3 aromatic rings. The first-order chi connectivity index (χ1) is 13.1. The van der Waals surface area contributed by atoms with Crippen molar-refractivity contribution in [1.29, 1.82) is 0 Å². The predicted octanol–water partition coefficient (Wildman–Crippen LogP) is 4.10. The number of anilines is 3. The third-order valence-electron chi connectivity index (χ3n) is 4.53. The van der Waals surface area contributed by atoms with Crippen molar-refractivity contribution in [3.63, 3.8) is 0 Å².